The number of aryl methyl sites for hydroxylation is 1. The lowest BCUT2D eigenvalue weighted by molar-refractivity contribution is -0.135. The maximum Gasteiger partial charge on any atom is 0.348 e. The molecule has 0 spiro atoms. The number of benzene rings is 1. The molecule has 172 valence electrons. The minimum absolute atomic E-state index is 0.0292. The molecule has 3 rings (SSSR count). The average Bonchev–Trinajstić information content (AvgIpc) is 3.23. The lowest BCUT2D eigenvalue weighted by Gasteiger charge is -2.34. The van der Waals surface area contributed by atoms with Gasteiger partial charge in [-0.25, -0.2) is 4.79 Å². The summed E-state index contributed by atoms with van der Waals surface area (Å²) in [6.45, 7) is 4.35. The van der Waals surface area contributed by atoms with Crippen molar-refractivity contribution >= 4 is 23.2 Å². The molecule has 2 atom stereocenters. The van der Waals surface area contributed by atoms with Crippen LogP contribution in [-0.2, 0) is 22.4 Å². The number of carbonyl (C=O) groups is 2. The van der Waals surface area contributed by atoms with Gasteiger partial charge in [0.15, 0.2) is 0 Å². The number of piperidine rings is 1. The number of nitrogens with zero attached hydrogens (tertiary/aromatic N) is 1. The summed E-state index contributed by atoms with van der Waals surface area (Å²) in [5, 5.41) is 10.4. The van der Waals surface area contributed by atoms with Gasteiger partial charge in [0.1, 0.15) is 4.88 Å². The first kappa shape index (κ1) is 24.2. The molecule has 32 heavy (non-hydrogen) atoms. The summed E-state index contributed by atoms with van der Waals surface area (Å²) in [6.07, 6.45) is 7.74. The molecule has 0 saturated carbocycles. The van der Waals surface area contributed by atoms with Gasteiger partial charge in [-0.15, -0.1) is 11.3 Å². The first-order valence-corrected chi connectivity index (χ1v) is 12.2. The second-order valence-electron chi connectivity index (χ2n) is 8.51. The van der Waals surface area contributed by atoms with Crippen molar-refractivity contribution < 1.29 is 19.4 Å². The number of aliphatic hydroxyl groups excluding tert-OH is 1. The zero-order chi connectivity index (χ0) is 22.9. The van der Waals surface area contributed by atoms with E-state index in [2.05, 4.69) is 0 Å². The predicted octanol–water partition coefficient (Wildman–Crippen LogP) is 4.79. The summed E-state index contributed by atoms with van der Waals surface area (Å²) in [5.41, 5.74) is 1.09. The van der Waals surface area contributed by atoms with Gasteiger partial charge in [-0.05, 0) is 57.2 Å². The third kappa shape index (κ3) is 7.31. The molecule has 1 aliphatic heterocycles. The summed E-state index contributed by atoms with van der Waals surface area (Å²) in [5.74, 6) is -0.0995. The number of esters is 1. The van der Waals surface area contributed by atoms with Gasteiger partial charge in [0.2, 0.25) is 5.91 Å². The molecule has 6 heteroatoms. The minimum atomic E-state index is -0.564. The number of amides is 1. The van der Waals surface area contributed by atoms with Gasteiger partial charge in [0.05, 0.1) is 18.2 Å². The maximum absolute atomic E-state index is 12.5. The van der Waals surface area contributed by atoms with Crippen LogP contribution in [0.15, 0.2) is 54.6 Å². The van der Waals surface area contributed by atoms with Crippen LogP contribution in [0.4, 0.5) is 0 Å². The van der Waals surface area contributed by atoms with Crippen LogP contribution < -0.4 is 0 Å². The van der Waals surface area contributed by atoms with E-state index in [0.717, 1.165) is 36.1 Å². The Morgan fingerprint density at radius 1 is 1.25 bits per heavy atom. The molecular formula is C26H33NO4S. The summed E-state index contributed by atoms with van der Waals surface area (Å²) in [7, 11) is 0. The van der Waals surface area contributed by atoms with E-state index in [1.54, 1.807) is 0 Å². The molecule has 1 aromatic heterocycles. The second kappa shape index (κ2) is 12.0. The highest BCUT2D eigenvalue weighted by Gasteiger charge is 2.26. The number of carbonyl (C=O) groups excluding carboxylic acids is 2. The Hall–Kier alpha value is -2.44. The Kier molecular flexibility index (Phi) is 9.06. The molecule has 5 nitrogen and oxygen atoms in total. The fraction of sp³-hybridized carbons (Fsp3) is 0.462. The summed E-state index contributed by atoms with van der Waals surface area (Å²) >= 11 is 1.46. The Morgan fingerprint density at radius 3 is 2.78 bits per heavy atom. The molecule has 1 aliphatic rings. The third-order valence-corrected chi connectivity index (χ3v) is 6.61. The van der Waals surface area contributed by atoms with Gasteiger partial charge in [-0.3, -0.25) is 4.79 Å². The molecular weight excluding hydrogens is 422 g/mol. The molecule has 0 aliphatic carbocycles. The minimum Gasteiger partial charge on any atom is -0.459 e. The van der Waals surface area contributed by atoms with E-state index >= 15 is 0 Å². The van der Waals surface area contributed by atoms with Crippen LogP contribution in [-0.4, -0.2) is 46.7 Å². The highest BCUT2D eigenvalue weighted by atomic mass is 32.1. The Balaban J connectivity index is 1.51. The van der Waals surface area contributed by atoms with Gasteiger partial charge in [-0.2, -0.15) is 0 Å². The largest absolute Gasteiger partial charge is 0.459 e. The smallest absolute Gasteiger partial charge is 0.348 e. The van der Waals surface area contributed by atoms with Gasteiger partial charge in [-0.1, -0.05) is 42.5 Å². The second-order valence-corrected chi connectivity index (χ2v) is 9.68. The number of thiophene rings is 1. The van der Waals surface area contributed by atoms with Gasteiger partial charge in [0, 0.05) is 24.3 Å². The normalized spacial score (nSPS) is 17.8. The molecule has 2 aromatic rings. The summed E-state index contributed by atoms with van der Waals surface area (Å²) in [4.78, 5) is 28.3. The lowest BCUT2D eigenvalue weighted by Crippen LogP contribution is -2.43. The maximum atomic E-state index is 12.5. The zero-order valence-electron chi connectivity index (χ0n) is 18.9. The molecule has 1 saturated heterocycles. The monoisotopic (exact) mass is 455 g/mol. The molecule has 2 unspecified atom stereocenters. The standard InChI is InChI=1S/C26H33NO4S/c1-19(2)31-26(30)24-16-15-23(32-24)11-7-17-27-21(10-6-12-25(27)29)13-14-22(28)18-20-8-4-3-5-9-20/h3-5,8-9,13-16,19,21-22,28H,6-7,10-12,17-18H2,1-2H3/b14-13+. The van der Waals surface area contributed by atoms with Crippen molar-refractivity contribution in [1.29, 1.82) is 0 Å². The number of likely N-dealkylation sites (tertiary alicyclic amines) is 1. The van der Waals surface area contributed by atoms with Gasteiger partial charge >= 0.3 is 5.97 Å². The molecule has 2 heterocycles. The van der Waals surface area contributed by atoms with E-state index in [9.17, 15) is 14.7 Å². The van der Waals surface area contributed by atoms with E-state index in [-0.39, 0.29) is 24.0 Å². The SMILES string of the molecule is CC(C)OC(=O)c1ccc(CCCN2C(=O)CCCC2/C=C/C(O)Cc2ccccc2)s1. The van der Waals surface area contributed by atoms with E-state index < -0.39 is 6.10 Å². The van der Waals surface area contributed by atoms with Crippen molar-refractivity contribution in [2.45, 2.75) is 70.6 Å². The number of aliphatic hydroxyl groups is 1. The topological polar surface area (TPSA) is 66.8 Å². The molecule has 1 N–H and O–H groups in total. The summed E-state index contributed by atoms with van der Waals surface area (Å²) < 4.78 is 5.25. The third-order valence-electron chi connectivity index (χ3n) is 5.48. The van der Waals surface area contributed by atoms with Crippen LogP contribution in [0, 0.1) is 0 Å². The number of hydrogen-bond donors (Lipinski definition) is 1. The number of hydrogen-bond acceptors (Lipinski definition) is 5. The highest BCUT2D eigenvalue weighted by molar-refractivity contribution is 7.13. The fourth-order valence-corrected chi connectivity index (χ4v) is 4.87. The van der Waals surface area contributed by atoms with Crippen molar-refractivity contribution in [3.63, 3.8) is 0 Å². The Labute approximate surface area is 194 Å². The van der Waals surface area contributed by atoms with Crippen LogP contribution in [0.3, 0.4) is 0 Å². The molecule has 0 radical (unpaired) electrons. The first-order valence-electron chi connectivity index (χ1n) is 11.4. The predicted molar refractivity (Wildman–Crippen MR) is 128 cm³/mol. The first-order chi connectivity index (χ1) is 15.4. The van der Waals surface area contributed by atoms with E-state index in [1.165, 1.54) is 11.3 Å². The van der Waals surface area contributed by atoms with Crippen LogP contribution in [0.1, 0.15) is 59.6 Å². The molecule has 1 aromatic carbocycles. The molecule has 1 amide bonds. The Bertz CT molecular complexity index is 906. The van der Waals surface area contributed by atoms with Crippen molar-refractivity contribution in [2.24, 2.45) is 0 Å². The van der Waals surface area contributed by atoms with Crippen molar-refractivity contribution in [3.8, 4) is 0 Å². The molecule has 0 bridgehead atoms. The summed E-state index contributed by atoms with van der Waals surface area (Å²) in [6, 6.07) is 13.7. The van der Waals surface area contributed by atoms with E-state index in [1.807, 2.05) is 73.4 Å². The number of rotatable bonds is 10. The Morgan fingerprint density at radius 2 is 2.03 bits per heavy atom. The van der Waals surface area contributed by atoms with E-state index in [4.69, 9.17) is 4.74 Å². The van der Waals surface area contributed by atoms with Crippen molar-refractivity contribution in [1.82, 2.24) is 4.90 Å². The van der Waals surface area contributed by atoms with Crippen molar-refractivity contribution in [3.05, 3.63) is 69.9 Å². The van der Waals surface area contributed by atoms with Crippen LogP contribution in [0.5, 0.6) is 0 Å². The molecule has 1 fully saturated rings. The number of ether oxygens (including phenoxy) is 1. The zero-order valence-corrected chi connectivity index (χ0v) is 19.7. The quantitative estimate of drug-likeness (QED) is 0.413. The van der Waals surface area contributed by atoms with E-state index in [0.29, 0.717) is 24.3 Å². The highest BCUT2D eigenvalue weighted by Crippen LogP contribution is 2.23. The van der Waals surface area contributed by atoms with Crippen molar-refractivity contribution in [2.75, 3.05) is 6.54 Å². The fourth-order valence-electron chi connectivity index (χ4n) is 3.94. The van der Waals surface area contributed by atoms with Gasteiger partial charge < -0.3 is 14.7 Å². The van der Waals surface area contributed by atoms with Crippen LogP contribution >= 0.6 is 11.3 Å². The van der Waals surface area contributed by atoms with Crippen LogP contribution in [0.2, 0.25) is 0 Å². The average molecular weight is 456 g/mol. The van der Waals surface area contributed by atoms with Gasteiger partial charge in [0.25, 0.3) is 0 Å². The lowest BCUT2D eigenvalue weighted by atomic mass is 9.99. The van der Waals surface area contributed by atoms with Crippen LogP contribution in [0.25, 0.3) is 0 Å².